The van der Waals surface area contributed by atoms with E-state index in [2.05, 4.69) is 15.6 Å². The van der Waals surface area contributed by atoms with Gasteiger partial charge < -0.3 is 10.4 Å². The summed E-state index contributed by atoms with van der Waals surface area (Å²) >= 11 is 0. The minimum Gasteiger partial charge on any atom is -0.480 e. The van der Waals surface area contributed by atoms with E-state index in [4.69, 9.17) is 0 Å². The summed E-state index contributed by atoms with van der Waals surface area (Å²) < 4.78 is 1.40. The molecule has 1 heterocycles. The molecule has 0 saturated carbocycles. The maximum absolute atomic E-state index is 12.1. The molecule has 0 aliphatic rings. The van der Waals surface area contributed by atoms with Gasteiger partial charge >= 0.3 is 5.97 Å². The minimum atomic E-state index is -1.03. The quantitative estimate of drug-likeness (QED) is 0.803. The topological polar surface area (TPSA) is 97.1 Å². The Balaban J connectivity index is 1.94. The van der Waals surface area contributed by atoms with Crippen molar-refractivity contribution in [2.45, 2.75) is 46.2 Å². The Labute approximate surface area is 147 Å². The van der Waals surface area contributed by atoms with E-state index in [0.29, 0.717) is 18.5 Å². The van der Waals surface area contributed by atoms with Gasteiger partial charge in [0.2, 0.25) is 5.91 Å². The van der Waals surface area contributed by atoms with Gasteiger partial charge in [0, 0.05) is 5.56 Å². The van der Waals surface area contributed by atoms with Crippen molar-refractivity contribution < 1.29 is 14.7 Å². The third kappa shape index (κ3) is 6.02. The average Bonchev–Trinajstić information content (AvgIpc) is 2.99. The molecule has 2 rings (SSSR count). The molecule has 0 spiro atoms. The van der Waals surface area contributed by atoms with Crippen molar-refractivity contribution >= 4 is 11.9 Å². The number of benzene rings is 1. The molecule has 0 radical (unpaired) electrons. The molecule has 1 atom stereocenters. The third-order valence-corrected chi connectivity index (χ3v) is 3.73. The summed E-state index contributed by atoms with van der Waals surface area (Å²) in [5.74, 6) is -1.42. The Morgan fingerprint density at radius 2 is 1.92 bits per heavy atom. The van der Waals surface area contributed by atoms with E-state index < -0.39 is 17.9 Å². The second-order valence-corrected chi connectivity index (χ2v) is 7.23. The third-order valence-electron chi connectivity index (χ3n) is 3.73. The van der Waals surface area contributed by atoms with Crippen molar-refractivity contribution in [1.29, 1.82) is 0 Å². The van der Waals surface area contributed by atoms with Gasteiger partial charge in [-0.1, -0.05) is 56.3 Å². The Morgan fingerprint density at radius 1 is 1.24 bits per heavy atom. The lowest BCUT2D eigenvalue weighted by Gasteiger charge is -2.21. The minimum absolute atomic E-state index is 0.00885. The molecule has 0 fully saturated rings. The van der Waals surface area contributed by atoms with E-state index in [0.717, 1.165) is 5.56 Å². The normalized spacial score (nSPS) is 12.6. The number of aliphatic carboxylic acids is 1. The summed E-state index contributed by atoms with van der Waals surface area (Å²) in [5.41, 5.74) is 1.58. The summed E-state index contributed by atoms with van der Waals surface area (Å²) in [4.78, 5) is 23.5. The Morgan fingerprint density at radius 3 is 2.52 bits per heavy atom. The number of nitrogens with zero attached hydrogens (tertiary/aromatic N) is 3. The van der Waals surface area contributed by atoms with Crippen LogP contribution in [0.3, 0.4) is 0 Å². The second kappa shape index (κ2) is 7.92. The van der Waals surface area contributed by atoms with Crippen LogP contribution in [0.1, 0.15) is 33.6 Å². The van der Waals surface area contributed by atoms with Crippen molar-refractivity contribution in [1.82, 2.24) is 20.3 Å². The van der Waals surface area contributed by atoms with Gasteiger partial charge in [-0.3, -0.25) is 4.79 Å². The van der Waals surface area contributed by atoms with Gasteiger partial charge in [0.05, 0.1) is 6.20 Å². The van der Waals surface area contributed by atoms with Crippen molar-refractivity contribution in [2.24, 2.45) is 5.41 Å². The SMILES string of the molecule is CC(C)(C)CCC(NC(=O)Cn1cc(-c2ccccc2)nn1)C(=O)O. The number of aromatic nitrogens is 3. The lowest BCUT2D eigenvalue weighted by molar-refractivity contribution is -0.142. The lowest BCUT2D eigenvalue weighted by Crippen LogP contribution is -2.42. The van der Waals surface area contributed by atoms with Crippen molar-refractivity contribution in [3.8, 4) is 11.3 Å². The Kier molecular flexibility index (Phi) is 5.90. The van der Waals surface area contributed by atoms with E-state index in [1.807, 2.05) is 51.1 Å². The van der Waals surface area contributed by atoms with Gasteiger partial charge in [-0.2, -0.15) is 0 Å². The molecule has 2 aromatic rings. The number of carbonyl (C=O) groups excluding carboxylic acids is 1. The molecule has 7 nitrogen and oxygen atoms in total. The van der Waals surface area contributed by atoms with Crippen LogP contribution in [-0.2, 0) is 16.1 Å². The molecule has 0 saturated heterocycles. The fourth-order valence-electron chi connectivity index (χ4n) is 2.34. The Hall–Kier alpha value is -2.70. The molecule has 2 N–H and O–H groups in total. The predicted octanol–water partition coefficient (Wildman–Crippen LogP) is 2.34. The first kappa shape index (κ1) is 18.6. The zero-order valence-electron chi connectivity index (χ0n) is 14.8. The highest BCUT2D eigenvalue weighted by Crippen LogP contribution is 2.21. The van der Waals surface area contributed by atoms with Gasteiger partial charge in [-0.05, 0) is 18.3 Å². The van der Waals surface area contributed by atoms with Gasteiger partial charge in [-0.15, -0.1) is 5.10 Å². The van der Waals surface area contributed by atoms with Crippen LogP contribution in [0.2, 0.25) is 0 Å². The molecular formula is C18H24N4O3. The first-order chi connectivity index (χ1) is 11.7. The van der Waals surface area contributed by atoms with Crippen LogP contribution in [0.4, 0.5) is 0 Å². The summed E-state index contributed by atoms with van der Waals surface area (Å²) in [6.45, 7) is 6.04. The molecule has 0 aliphatic heterocycles. The fourth-order valence-corrected chi connectivity index (χ4v) is 2.34. The highest BCUT2D eigenvalue weighted by atomic mass is 16.4. The highest BCUT2D eigenvalue weighted by Gasteiger charge is 2.23. The molecule has 0 aliphatic carbocycles. The van der Waals surface area contributed by atoms with Crippen LogP contribution < -0.4 is 5.32 Å². The number of rotatable bonds is 7. The van der Waals surface area contributed by atoms with Crippen LogP contribution in [-0.4, -0.2) is 38.0 Å². The van der Waals surface area contributed by atoms with Crippen LogP contribution in [0.15, 0.2) is 36.5 Å². The number of hydrogen-bond donors (Lipinski definition) is 2. The first-order valence-corrected chi connectivity index (χ1v) is 8.22. The van der Waals surface area contributed by atoms with Gasteiger partial charge in [-0.25, -0.2) is 9.48 Å². The maximum Gasteiger partial charge on any atom is 0.326 e. The number of carbonyl (C=O) groups is 2. The molecular weight excluding hydrogens is 320 g/mol. The number of nitrogens with one attached hydrogen (secondary N) is 1. The lowest BCUT2D eigenvalue weighted by atomic mass is 9.88. The highest BCUT2D eigenvalue weighted by molar-refractivity contribution is 5.83. The molecule has 0 bridgehead atoms. The number of carboxylic acid groups (broad SMARTS) is 1. The number of hydrogen-bond acceptors (Lipinski definition) is 4. The standard InChI is InChI=1S/C18H24N4O3/c1-18(2,3)10-9-14(17(24)25)19-16(23)12-22-11-15(20-21-22)13-7-5-4-6-8-13/h4-8,11,14H,9-10,12H2,1-3H3,(H,19,23)(H,24,25). The molecule has 134 valence electrons. The van der Waals surface area contributed by atoms with Crippen LogP contribution in [0.5, 0.6) is 0 Å². The summed E-state index contributed by atoms with van der Waals surface area (Å²) in [7, 11) is 0. The van der Waals surface area contributed by atoms with Crippen LogP contribution >= 0.6 is 0 Å². The monoisotopic (exact) mass is 344 g/mol. The van der Waals surface area contributed by atoms with E-state index in [-0.39, 0.29) is 12.0 Å². The molecule has 1 aromatic heterocycles. The summed E-state index contributed by atoms with van der Waals surface area (Å²) in [6.07, 6.45) is 2.75. The predicted molar refractivity (Wildman–Crippen MR) is 93.7 cm³/mol. The second-order valence-electron chi connectivity index (χ2n) is 7.23. The fraction of sp³-hybridized carbons (Fsp3) is 0.444. The number of carboxylic acids is 1. The van der Waals surface area contributed by atoms with E-state index in [1.165, 1.54) is 4.68 Å². The largest absolute Gasteiger partial charge is 0.480 e. The van der Waals surface area contributed by atoms with E-state index in [9.17, 15) is 14.7 Å². The number of amides is 1. The molecule has 1 unspecified atom stereocenters. The van der Waals surface area contributed by atoms with Gasteiger partial charge in [0.25, 0.3) is 0 Å². The van der Waals surface area contributed by atoms with Gasteiger partial charge in [0.1, 0.15) is 18.3 Å². The van der Waals surface area contributed by atoms with E-state index >= 15 is 0 Å². The maximum atomic E-state index is 12.1. The van der Waals surface area contributed by atoms with Crippen molar-refractivity contribution in [3.05, 3.63) is 36.5 Å². The Bertz CT molecular complexity index is 719. The summed E-state index contributed by atoms with van der Waals surface area (Å²) in [6, 6.07) is 8.61. The zero-order valence-corrected chi connectivity index (χ0v) is 14.8. The molecule has 7 heteroatoms. The molecule has 1 aromatic carbocycles. The van der Waals surface area contributed by atoms with E-state index in [1.54, 1.807) is 6.20 Å². The van der Waals surface area contributed by atoms with Crippen molar-refractivity contribution in [3.63, 3.8) is 0 Å². The first-order valence-electron chi connectivity index (χ1n) is 8.22. The summed E-state index contributed by atoms with van der Waals surface area (Å²) in [5, 5.41) is 19.8. The van der Waals surface area contributed by atoms with Crippen LogP contribution in [0, 0.1) is 5.41 Å². The average molecular weight is 344 g/mol. The van der Waals surface area contributed by atoms with Crippen molar-refractivity contribution in [2.75, 3.05) is 0 Å². The molecule has 25 heavy (non-hydrogen) atoms. The molecule has 1 amide bonds. The zero-order chi connectivity index (χ0) is 18.4. The smallest absolute Gasteiger partial charge is 0.326 e. The van der Waals surface area contributed by atoms with Gasteiger partial charge in [0.15, 0.2) is 0 Å². The van der Waals surface area contributed by atoms with Crippen LogP contribution in [0.25, 0.3) is 11.3 Å².